The van der Waals surface area contributed by atoms with Crippen LogP contribution in [0.1, 0.15) is 29.8 Å². The summed E-state index contributed by atoms with van der Waals surface area (Å²) in [7, 11) is 0. The van der Waals surface area contributed by atoms with E-state index < -0.39 is 11.9 Å². The van der Waals surface area contributed by atoms with Crippen LogP contribution in [0.4, 0.5) is 0 Å². The number of aryl methyl sites for hydroxylation is 1. The fraction of sp³-hybridized carbons (Fsp3) is 0.267. The quantitative estimate of drug-likeness (QED) is 0.923. The van der Waals surface area contributed by atoms with Gasteiger partial charge >= 0.3 is 5.97 Å². The van der Waals surface area contributed by atoms with Crippen molar-refractivity contribution in [3.8, 4) is 5.69 Å². The zero-order chi connectivity index (χ0) is 14.2. The highest BCUT2D eigenvalue weighted by atomic mass is 35.5. The molecule has 0 saturated carbocycles. The first-order chi connectivity index (χ1) is 8.91. The molecule has 0 aliphatic carbocycles. The molecule has 1 aromatic heterocycles. The van der Waals surface area contributed by atoms with Crippen molar-refractivity contribution < 1.29 is 9.90 Å². The van der Waals surface area contributed by atoms with E-state index in [0.717, 1.165) is 22.6 Å². The van der Waals surface area contributed by atoms with E-state index in [1.807, 2.05) is 48.7 Å². The van der Waals surface area contributed by atoms with Crippen molar-refractivity contribution >= 4 is 17.6 Å². The Labute approximate surface area is 117 Å². The van der Waals surface area contributed by atoms with Gasteiger partial charge in [0.1, 0.15) is 0 Å². The number of hydrogen-bond donors (Lipinski definition) is 1. The van der Waals surface area contributed by atoms with Gasteiger partial charge < -0.3 is 9.67 Å². The number of halogens is 1. The first kappa shape index (κ1) is 13.7. The van der Waals surface area contributed by atoms with Crippen molar-refractivity contribution in [2.45, 2.75) is 26.7 Å². The number of hydrogen-bond acceptors (Lipinski definition) is 1. The number of nitrogens with zero attached hydrogens (tertiary/aromatic N) is 1. The summed E-state index contributed by atoms with van der Waals surface area (Å²) in [5, 5.41) is 9.83. The number of aromatic nitrogens is 1. The summed E-state index contributed by atoms with van der Waals surface area (Å²) in [6, 6.07) is 9.45. The van der Waals surface area contributed by atoms with Crippen molar-refractivity contribution in [2.24, 2.45) is 0 Å². The van der Waals surface area contributed by atoms with Gasteiger partial charge in [0.2, 0.25) is 0 Å². The van der Waals surface area contributed by atoms with Crippen LogP contribution in [-0.4, -0.2) is 15.6 Å². The maximum atomic E-state index is 11.1. The van der Waals surface area contributed by atoms with E-state index in [2.05, 4.69) is 0 Å². The van der Waals surface area contributed by atoms with E-state index in [-0.39, 0.29) is 0 Å². The third kappa shape index (κ3) is 2.51. The zero-order valence-electron chi connectivity index (χ0n) is 11.1. The van der Waals surface area contributed by atoms with E-state index in [1.54, 1.807) is 6.92 Å². The van der Waals surface area contributed by atoms with Crippen LogP contribution in [0.2, 0.25) is 5.02 Å². The third-order valence-electron chi connectivity index (χ3n) is 3.39. The normalized spacial score (nSPS) is 12.4. The monoisotopic (exact) mass is 277 g/mol. The summed E-state index contributed by atoms with van der Waals surface area (Å²) in [6.45, 7) is 5.62. The molecule has 4 heteroatoms. The fourth-order valence-corrected chi connectivity index (χ4v) is 2.47. The molecule has 2 rings (SSSR count). The molecule has 0 radical (unpaired) electrons. The predicted octanol–water partition coefficient (Wildman–Crippen LogP) is 3.94. The number of carboxylic acid groups (broad SMARTS) is 1. The minimum Gasteiger partial charge on any atom is -0.481 e. The molecule has 0 aliphatic heterocycles. The molecule has 0 bridgehead atoms. The van der Waals surface area contributed by atoms with Crippen LogP contribution in [0, 0.1) is 13.8 Å². The Morgan fingerprint density at radius 2 is 1.84 bits per heavy atom. The van der Waals surface area contributed by atoms with Gasteiger partial charge in [-0.05, 0) is 56.7 Å². The number of rotatable bonds is 3. The number of benzene rings is 1. The Balaban J connectivity index is 2.53. The Morgan fingerprint density at radius 3 is 2.37 bits per heavy atom. The summed E-state index contributed by atoms with van der Waals surface area (Å²) < 4.78 is 2.05. The third-order valence-corrected chi connectivity index (χ3v) is 3.64. The van der Waals surface area contributed by atoms with E-state index in [9.17, 15) is 4.79 Å². The molecule has 19 heavy (non-hydrogen) atoms. The van der Waals surface area contributed by atoms with Gasteiger partial charge in [-0.1, -0.05) is 11.6 Å². The molecular weight excluding hydrogens is 262 g/mol. The first-order valence-corrected chi connectivity index (χ1v) is 6.47. The van der Waals surface area contributed by atoms with Crippen LogP contribution < -0.4 is 0 Å². The highest BCUT2D eigenvalue weighted by Crippen LogP contribution is 2.27. The second kappa shape index (κ2) is 5.10. The van der Waals surface area contributed by atoms with E-state index >= 15 is 0 Å². The summed E-state index contributed by atoms with van der Waals surface area (Å²) in [6.07, 6.45) is 0. The molecular formula is C15H16ClNO2. The smallest absolute Gasteiger partial charge is 0.310 e. The number of carboxylic acids is 1. The standard InChI is InChI=1S/C15H16ClNO2/c1-9-8-14(10(2)15(18)19)11(3)17(9)13-6-4-12(16)5-7-13/h4-8,10H,1-3H3,(H,18,19). The van der Waals surface area contributed by atoms with Gasteiger partial charge in [0, 0.05) is 22.1 Å². The topological polar surface area (TPSA) is 42.2 Å². The maximum absolute atomic E-state index is 11.1. The second-order valence-electron chi connectivity index (χ2n) is 4.70. The van der Waals surface area contributed by atoms with Crippen molar-refractivity contribution in [3.63, 3.8) is 0 Å². The molecule has 1 atom stereocenters. The van der Waals surface area contributed by atoms with Gasteiger partial charge in [-0.15, -0.1) is 0 Å². The average molecular weight is 278 g/mol. The van der Waals surface area contributed by atoms with Crippen LogP contribution in [0.3, 0.4) is 0 Å². The predicted molar refractivity (Wildman–Crippen MR) is 76.3 cm³/mol. The molecule has 1 heterocycles. The van der Waals surface area contributed by atoms with Crippen LogP contribution >= 0.6 is 11.6 Å². The molecule has 100 valence electrons. The Hall–Kier alpha value is -1.74. The summed E-state index contributed by atoms with van der Waals surface area (Å²) >= 11 is 5.89. The minimum absolute atomic E-state index is 0.507. The van der Waals surface area contributed by atoms with Crippen molar-refractivity contribution in [3.05, 3.63) is 52.3 Å². The molecule has 0 spiro atoms. The average Bonchev–Trinajstić information content (AvgIpc) is 2.65. The van der Waals surface area contributed by atoms with Crippen LogP contribution in [0.15, 0.2) is 30.3 Å². The molecule has 0 aliphatic rings. The van der Waals surface area contributed by atoms with Crippen LogP contribution in [-0.2, 0) is 4.79 Å². The fourth-order valence-electron chi connectivity index (χ4n) is 2.35. The zero-order valence-corrected chi connectivity index (χ0v) is 11.9. The maximum Gasteiger partial charge on any atom is 0.310 e. The summed E-state index contributed by atoms with van der Waals surface area (Å²) in [5.74, 6) is -1.32. The van der Waals surface area contributed by atoms with Gasteiger partial charge in [-0.2, -0.15) is 0 Å². The SMILES string of the molecule is Cc1cc(C(C)C(=O)O)c(C)n1-c1ccc(Cl)cc1. The van der Waals surface area contributed by atoms with Gasteiger partial charge in [0.05, 0.1) is 5.92 Å². The lowest BCUT2D eigenvalue weighted by Crippen LogP contribution is -2.08. The molecule has 0 amide bonds. The highest BCUT2D eigenvalue weighted by Gasteiger charge is 2.20. The largest absolute Gasteiger partial charge is 0.481 e. The molecule has 0 saturated heterocycles. The highest BCUT2D eigenvalue weighted by molar-refractivity contribution is 6.30. The lowest BCUT2D eigenvalue weighted by Gasteiger charge is -2.11. The summed E-state index contributed by atoms with van der Waals surface area (Å²) in [5.41, 5.74) is 3.81. The number of aliphatic carboxylic acids is 1. The van der Waals surface area contributed by atoms with E-state index in [1.165, 1.54) is 0 Å². The molecule has 0 fully saturated rings. The summed E-state index contributed by atoms with van der Waals surface area (Å²) in [4.78, 5) is 11.1. The molecule has 1 N–H and O–H groups in total. The Morgan fingerprint density at radius 1 is 1.26 bits per heavy atom. The molecule has 3 nitrogen and oxygen atoms in total. The lowest BCUT2D eigenvalue weighted by atomic mass is 10.0. The Kier molecular flexibility index (Phi) is 3.67. The molecule has 1 unspecified atom stereocenters. The van der Waals surface area contributed by atoms with Crippen molar-refractivity contribution in [1.29, 1.82) is 0 Å². The first-order valence-electron chi connectivity index (χ1n) is 6.09. The van der Waals surface area contributed by atoms with Crippen LogP contribution in [0.25, 0.3) is 5.69 Å². The number of carbonyl (C=O) groups is 1. The molecule has 2 aromatic rings. The lowest BCUT2D eigenvalue weighted by molar-refractivity contribution is -0.138. The second-order valence-corrected chi connectivity index (χ2v) is 5.13. The minimum atomic E-state index is -0.809. The van der Waals surface area contributed by atoms with Gasteiger partial charge in [0.15, 0.2) is 0 Å². The van der Waals surface area contributed by atoms with Crippen molar-refractivity contribution in [2.75, 3.05) is 0 Å². The van der Waals surface area contributed by atoms with Gasteiger partial charge in [-0.3, -0.25) is 4.79 Å². The van der Waals surface area contributed by atoms with Gasteiger partial charge in [0.25, 0.3) is 0 Å². The Bertz CT molecular complexity index is 614. The van der Waals surface area contributed by atoms with Gasteiger partial charge in [-0.25, -0.2) is 0 Å². The van der Waals surface area contributed by atoms with Crippen LogP contribution in [0.5, 0.6) is 0 Å². The molecule has 1 aromatic carbocycles. The van der Waals surface area contributed by atoms with Crippen molar-refractivity contribution in [1.82, 2.24) is 4.57 Å². The van der Waals surface area contributed by atoms with E-state index in [0.29, 0.717) is 5.02 Å². The van der Waals surface area contributed by atoms with E-state index in [4.69, 9.17) is 16.7 Å².